The van der Waals surface area contributed by atoms with Crippen LogP contribution in [0, 0.1) is 0 Å². The molecule has 0 aromatic carbocycles. The quantitative estimate of drug-likeness (QED) is 0.226. The Balaban J connectivity index is 2.66. The molecule has 0 aromatic rings. The van der Waals surface area contributed by atoms with Gasteiger partial charge < -0.3 is 30.4 Å². The van der Waals surface area contributed by atoms with E-state index in [4.69, 9.17) is 14.8 Å². The molecule has 0 aromatic heterocycles. The fourth-order valence-electron chi connectivity index (χ4n) is 2.29. The molecule has 0 saturated carbocycles. The third-order valence-corrected chi connectivity index (χ3v) is 3.81. The van der Waals surface area contributed by atoms with Gasteiger partial charge in [0.15, 0.2) is 0 Å². The molecule has 1 heterocycles. The molecular formula is C9H20NO9S+. The van der Waals surface area contributed by atoms with Gasteiger partial charge >= 0.3 is 10.4 Å². The molecule has 0 radical (unpaired) electrons. The molecule has 6 atom stereocenters. The van der Waals surface area contributed by atoms with E-state index in [9.17, 15) is 23.7 Å². The molecule has 10 nitrogen and oxygen atoms in total. The van der Waals surface area contributed by atoms with Crippen molar-refractivity contribution < 1.29 is 47.6 Å². The van der Waals surface area contributed by atoms with Gasteiger partial charge in [-0.3, -0.25) is 4.55 Å². The molecule has 0 bridgehead atoms. The predicted molar refractivity (Wildman–Crippen MR) is 63.1 cm³/mol. The van der Waals surface area contributed by atoms with Gasteiger partial charge in [-0.15, -0.1) is 0 Å². The van der Waals surface area contributed by atoms with E-state index in [-0.39, 0.29) is 13.1 Å². The first-order valence-electron chi connectivity index (χ1n) is 5.95. The van der Waals surface area contributed by atoms with Gasteiger partial charge in [0, 0.05) is 0 Å². The maximum absolute atomic E-state index is 10.6. The minimum absolute atomic E-state index is 0.0352. The lowest BCUT2D eigenvalue weighted by Crippen LogP contribution is -3.16. The van der Waals surface area contributed by atoms with Crippen molar-refractivity contribution in [3.63, 3.8) is 0 Å². The molecule has 0 aliphatic carbocycles. The molecule has 11 heteroatoms. The van der Waals surface area contributed by atoms with Crippen LogP contribution in [0.3, 0.4) is 0 Å². The third-order valence-electron chi connectivity index (χ3n) is 3.32. The third kappa shape index (κ3) is 4.58. The Morgan fingerprint density at radius 3 is 2.35 bits per heavy atom. The smallest absolute Gasteiger partial charge is 0.394 e. The molecule has 1 rings (SSSR count). The van der Waals surface area contributed by atoms with Crippen molar-refractivity contribution in [2.24, 2.45) is 0 Å². The van der Waals surface area contributed by atoms with Gasteiger partial charge in [0.1, 0.15) is 43.5 Å². The van der Waals surface area contributed by atoms with Crippen molar-refractivity contribution >= 4 is 10.4 Å². The van der Waals surface area contributed by atoms with Gasteiger partial charge in [-0.25, -0.2) is 4.18 Å². The summed E-state index contributed by atoms with van der Waals surface area (Å²) < 4.78 is 33.7. The second-order valence-corrected chi connectivity index (χ2v) is 5.77. The summed E-state index contributed by atoms with van der Waals surface area (Å²) in [6, 6.07) is -0.746. The highest BCUT2D eigenvalue weighted by molar-refractivity contribution is 7.80. The van der Waals surface area contributed by atoms with Crippen molar-refractivity contribution in [3.8, 4) is 0 Å². The summed E-state index contributed by atoms with van der Waals surface area (Å²) in [6.07, 6.45) is -5.31. The molecule has 0 amide bonds. The van der Waals surface area contributed by atoms with E-state index in [0.717, 1.165) is 0 Å². The first-order valence-corrected chi connectivity index (χ1v) is 7.32. The molecule has 20 heavy (non-hydrogen) atoms. The zero-order valence-electron chi connectivity index (χ0n) is 10.5. The standard InChI is InChI=1S/C9H19NO9S/c11-3-5-9(15)7(14)2-10(5)1-6(13)8(4-12)19-20(16,17)18/h5-9,11-15H,1-4H2,(H,16,17,18)/p+1/t5-,6-,7-,8-,9-/m0/s1. The fraction of sp³-hybridized carbons (Fsp3) is 1.00. The molecule has 1 aliphatic heterocycles. The molecular weight excluding hydrogens is 298 g/mol. The van der Waals surface area contributed by atoms with Crippen LogP contribution in [-0.2, 0) is 14.6 Å². The molecule has 1 aliphatic rings. The number of aliphatic hydroxyl groups excluding tert-OH is 5. The number of likely N-dealkylation sites (tertiary alicyclic amines) is 1. The van der Waals surface area contributed by atoms with Crippen LogP contribution in [0.15, 0.2) is 0 Å². The Morgan fingerprint density at radius 1 is 1.30 bits per heavy atom. The number of hydrogen-bond donors (Lipinski definition) is 7. The summed E-state index contributed by atoms with van der Waals surface area (Å²) in [5.74, 6) is 0. The monoisotopic (exact) mass is 318 g/mol. The Kier molecular flexibility index (Phi) is 6.25. The van der Waals surface area contributed by atoms with E-state index >= 15 is 0 Å². The van der Waals surface area contributed by atoms with Gasteiger partial charge in [0.25, 0.3) is 0 Å². The maximum atomic E-state index is 10.6. The Hall–Kier alpha value is -0.370. The zero-order valence-corrected chi connectivity index (χ0v) is 11.3. The van der Waals surface area contributed by atoms with Crippen LogP contribution in [0.2, 0.25) is 0 Å². The number of rotatable bonds is 7. The van der Waals surface area contributed by atoms with E-state index < -0.39 is 54.1 Å². The van der Waals surface area contributed by atoms with Crippen molar-refractivity contribution in [2.75, 3.05) is 26.3 Å². The first kappa shape index (κ1) is 17.7. The summed E-state index contributed by atoms with van der Waals surface area (Å²) in [6.45, 7) is -1.46. The van der Waals surface area contributed by atoms with E-state index in [1.54, 1.807) is 0 Å². The van der Waals surface area contributed by atoms with E-state index in [0.29, 0.717) is 4.90 Å². The molecule has 1 unspecified atom stereocenters. The largest absolute Gasteiger partial charge is 0.397 e. The maximum Gasteiger partial charge on any atom is 0.397 e. The van der Waals surface area contributed by atoms with Crippen molar-refractivity contribution in [3.05, 3.63) is 0 Å². The van der Waals surface area contributed by atoms with Crippen LogP contribution in [0.5, 0.6) is 0 Å². The van der Waals surface area contributed by atoms with Crippen LogP contribution in [0.1, 0.15) is 0 Å². The van der Waals surface area contributed by atoms with Crippen LogP contribution in [0.4, 0.5) is 0 Å². The topological polar surface area (TPSA) is 169 Å². The van der Waals surface area contributed by atoms with Gasteiger partial charge in [0.2, 0.25) is 0 Å². The minimum Gasteiger partial charge on any atom is -0.394 e. The number of aliphatic hydroxyl groups is 5. The van der Waals surface area contributed by atoms with Crippen LogP contribution in [-0.4, -0.2) is 95.3 Å². The zero-order chi connectivity index (χ0) is 15.5. The Bertz CT molecular complexity index is 402. The van der Waals surface area contributed by atoms with Crippen LogP contribution < -0.4 is 4.90 Å². The molecule has 1 saturated heterocycles. The summed E-state index contributed by atoms with van der Waals surface area (Å²) in [5, 5.41) is 46.9. The number of quaternary nitrogens is 1. The van der Waals surface area contributed by atoms with Gasteiger partial charge in [-0.05, 0) is 0 Å². The Morgan fingerprint density at radius 2 is 1.90 bits per heavy atom. The SMILES string of the molecule is O=S(=O)(O)O[C@@H](CO)[C@@H](O)C[NH+]1C[C@H](O)[C@@H](O)[C@@H]1CO. The molecule has 1 fully saturated rings. The lowest BCUT2D eigenvalue weighted by molar-refractivity contribution is -0.918. The molecule has 0 spiro atoms. The van der Waals surface area contributed by atoms with Gasteiger partial charge in [-0.2, -0.15) is 8.42 Å². The normalized spacial score (nSPS) is 34.1. The van der Waals surface area contributed by atoms with E-state index in [1.165, 1.54) is 0 Å². The lowest BCUT2D eigenvalue weighted by atomic mass is 10.1. The van der Waals surface area contributed by atoms with Crippen molar-refractivity contribution in [2.45, 2.75) is 30.5 Å². The number of hydrogen-bond acceptors (Lipinski definition) is 8. The minimum atomic E-state index is -4.83. The molecule has 7 N–H and O–H groups in total. The van der Waals surface area contributed by atoms with Gasteiger partial charge in [-0.1, -0.05) is 0 Å². The highest BCUT2D eigenvalue weighted by Crippen LogP contribution is 2.06. The first-order chi connectivity index (χ1) is 9.19. The summed E-state index contributed by atoms with van der Waals surface area (Å²) in [7, 11) is -4.83. The van der Waals surface area contributed by atoms with Crippen molar-refractivity contribution in [1.29, 1.82) is 0 Å². The predicted octanol–water partition coefficient (Wildman–Crippen LogP) is -5.49. The number of nitrogens with one attached hydrogen (secondary N) is 1. The highest BCUT2D eigenvalue weighted by Gasteiger charge is 2.45. The molecule has 120 valence electrons. The van der Waals surface area contributed by atoms with Crippen LogP contribution >= 0.6 is 0 Å². The Labute approximate surface area is 115 Å². The average molecular weight is 318 g/mol. The summed E-state index contributed by atoms with van der Waals surface area (Å²) in [4.78, 5) is 0.428. The van der Waals surface area contributed by atoms with E-state index in [2.05, 4.69) is 4.18 Å². The summed E-state index contributed by atoms with van der Waals surface area (Å²) >= 11 is 0. The van der Waals surface area contributed by atoms with Crippen molar-refractivity contribution in [1.82, 2.24) is 0 Å². The van der Waals surface area contributed by atoms with Crippen LogP contribution in [0.25, 0.3) is 0 Å². The lowest BCUT2D eigenvalue weighted by Gasteiger charge is -2.26. The average Bonchev–Trinajstić information content (AvgIpc) is 2.60. The van der Waals surface area contributed by atoms with Gasteiger partial charge in [0.05, 0.1) is 13.2 Å². The second-order valence-electron chi connectivity index (χ2n) is 4.73. The fourth-order valence-corrected chi connectivity index (χ4v) is 2.80. The summed E-state index contributed by atoms with van der Waals surface area (Å²) in [5.41, 5.74) is 0. The second kappa shape index (κ2) is 7.06. The van der Waals surface area contributed by atoms with E-state index in [1.807, 2.05) is 0 Å². The highest BCUT2D eigenvalue weighted by atomic mass is 32.3.